The van der Waals surface area contributed by atoms with Crippen molar-refractivity contribution in [3.8, 4) is 5.75 Å². The summed E-state index contributed by atoms with van der Waals surface area (Å²) in [6.45, 7) is 0.570. The van der Waals surface area contributed by atoms with E-state index in [2.05, 4.69) is 25.2 Å². The Hall–Kier alpha value is -1.86. The molecule has 3 N–H and O–H groups in total. The number of rotatable bonds is 12. The van der Waals surface area contributed by atoms with Gasteiger partial charge in [0.15, 0.2) is 11.8 Å². The number of thioether (sulfide) groups is 1. The van der Waals surface area contributed by atoms with E-state index in [4.69, 9.17) is 21.1 Å². The average molecular weight is 450 g/mol. The average Bonchev–Trinajstić information content (AvgIpc) is 3.18. The number of amides is 1. The SMILES string of the molecule is COCCNS(=O)(=O)c1ccc(OCC(=O)NCCSc2ncn[nH]2)c(Cl)c1. The van der Waals surface area contributed by atoms with Crippen LogP contribution in [0.4, 0.5) is 0 Å². The molecule has 0 spiro atoms. The van der Waals surface area contributed by atoms with Gasteiger partial charge in [-0.3, -0.25) is 9.89 Å². The van der Waals surface area contributed by atoms with Gasteiger partial charge in [0, 0.05) is 26.0 Å². The smallest absolute Gasteiger partial charge is 0.257 e. The van der Waals surface area contributed by atoms with Gasteiger partial charge in [0.25, 0.3) is 5.91 Å². The van der Waals surface area contributed by atoms with E-state index < -0.39 is 10.0 Å². The van der Waals surface area contributed by atoms with Gasteiger partial charge in [-0.1, -0.05) is 23.4 Å². The van der Waals surface area contributed by atoms with E-state index in [9.17, 15) is 13.2 Å². The highest BCUT2D eigenvalue weighted by Gasteiger charge is 2.16. The fourth-order valence-electron chi connectivity index (χ4n) is 1.92. The first kappa shape index (κ1) is 22.4. The molecule has 0 unspecified atom stereocenters. The molecule has 0 aliphatic heterocycles. The molecule has 0 atom stereocenters. The monoisotopic (exact) mass is 449 g/mol. The molecule has 28 heavy (non-hydrogen) atoms. The first-order chi connectivity index (χ1) is 13.4. The number of hydrogen-bond acceptors (Lipinski definition) is 8. The maximum Gasteiger partial charge on any atom is 0.257 e. The molecule has 13 heteroatoms. The van der Waals surface area contributed by atoms with Crippen molar-refractivity contribution in [2.24, 2.45) is 0 Å². The maximum absolute atomic E-state index is 12.1. The van der Waals surface area contributed by atoms with E-state index in [-0.39, 0.29) is 41.3 Å². The summed E-state index contributed by atoms with van der Waals surface area (Å²) in [5.74, 6) is 0.500. The number of methoxy groups -OCH3 is 1. The van der Waals surface area contributed by atoms with Crippen LogP contribution in [-0.4, -0.2) is 68.7 Å². The molecule has 0 radical (unpaired) electrons. The van der Waals surface area contributed by atoms with E-state index in [1.165, 1.54) is 43.4 Å². The van der Waals surface area contributed by atoms with Crippen LogP contribution in [0.15, 0.2) is 34.6 Å². The molecule has 1 aromatic carbocycles. The van der Waals surface area contributed by atoms with Gasteiger partial charge in [-0.05, 0) is 18.2 Å². The molecule has 1 heterocycles. The lowest BCUT2D eigenvalue weighted by Crippen LogP contribution is -2.30. The highest BCUT2D eigenvalue weighted by atomic mass is 35.5. The number of carbonyl (C=O) groups excluding carboxylic acids is 1. The van der Waals surface area contributed by atoms with E-state index in [1.54, 1.807) is 0 Å². The van der Waals surface area contributed by atoms with E-state index in [0.29, 0.717) is 17.5 Å². The molecule has 0 aliphatic rings. The van der Waals surface area contributed by atoms with Crippen LogP contribution in [0.3, 0.4) is 0 Å². The number of aromatic amines is 1. The molecule has 0 aliphatic carbocycles. The lowest BCUT2D eigenvalue weighted by atomic mass is 10.3. The predicted molar refractivity (Wildman–Crippen MR) is 104 cm³/mol. The van der Waals surface area contributed by atoms with Crippen molar-refractivity contribution in [1.29, 1.82) is 0 Å². The lowest BCUT2D eigenvalue weighted by molar-refractivity contribution is -0.122. The zero-order valence-electron chi connectivity index (χ0n) is 15.0. The Balaban J connectivity index is 1.78. The molecule has 0 saturated carbocycles. The Morgan fingerprint density at radius 2 is 2.18 bits per heavy atom. The Labute approximate surface area is 171 Å². The number of H-pyrrole nitrogens is 1. The predicted octanol–water partition coefficient (Wildman–Crippen LogP) is 0.670. The van der Waals surface area contributed by atoms with Crippen molar-refractivity contribution in [1.82, 2.24) is 25.2 Å². The number of ether oxygens (including phenoxy) is 2. The number of hydrogen-bond donors (Lipinski definition) is 3. The van der Waals surface area contributed by atoms with Gasteiger partial charge >= 0.3 is 0 Å². The van der Waals surface area contributed by atoms with Crippen LogP contribution in [0.2, 0.25) is 5.02 Å². The zero-order chi connectivity index (χ0) is 20.4. The third kappa shape index (κ3) is 7.28. The van der Waals surface area contributed by atoms with Gasteiger partial charge in [-0.15, -0.1) is 0 Å². The minimum atomic E-state index is -3.70. The summed E-state index contributed by atoms with van der Waals surface area (Å²) in [4.78, 5) is 15.8. The minimum Gasteiger partial charge on any atom is -0.482 e. The molecule has 0 bridgehead atoms. The minimum absolute atomic E-state index is 0.00477. The third-order valence-corrected chi connectivity index (χ3v) is 5.86. The van der Waals surface area contributed by atoms with Crippen LogP contribution in [-0.2, 0) is 19.6 Å². The van der Waals surface area contributed by atoms with Gasteiger partial charge in [0.1, 0.15) is 12.1 Å². The number of benzene rings is 1. The zero-order valence-corrected chi connectivity index (χ0v) is 17.4. The third-order valence-electron chi connectivity index (χ3n) is 3.23. The molecule has 154 valence electrons. The number of carbonyl (C=O) groups is 1. The number of sulfonamides is 1. The number of halogens is 1. The molecule has 0 fully saturated rings. The molecule has 1 aromatic heterocycles. The fourth-order valence-corrected chi connectivity index (χ4v) is 3.90. The first-order valence-corrected chi connectivity index (χ1v) is 10.9. The van der Waals surface area contributed by atoms with Crippen molar-refractivity contribution in [2.75, 3.05) is 39.2 Å². The summed E-state index contributed by atoms with van der Waals surface area (Å²) in [6, 6.07) is 4.01. The number of nitrogens with zero attached hydrogens (tertiary/aromatic N) is 2. The van der Waals surface area contributed by atoms with Crippen molar-refractivity contribution < 1.29 is 22.7 Å². The molecule has 1 amide bonds. The molecule has 0 saturated heterocycles. The van der Waals surface area contributed by atoms with Crippen LogP contribution in [0.25, 0.3) is 0 Å². The first-order valence-electron chi connectivity index (χ1n) is 8.08. The Morgan fingerprint density at radius 1 is 1.36 bits per heavy atom. The van der Waals surface area contributed by atoms with E-state index in [1.807, 2.05) is 0 Å². The van der Waals surface area contributed by atoms with Crippen molar-refractivity contribution in [3.63, 3.8) is 0 Å². The summed E-state index contributed by atoms with van der Waals surface area (Å²) in [5, 5.41) is 9.88. The van der Waals surface area contributed by atoms with Crippen LogP contribution >= 0.6 is 23.4 Å². The quantitative estimate of drug-likeness (QED) is 0.318. The summed E-state index contributed by atoms with van der Waals surface area (Å²) in [6.07, 6.45) is 1.41. The molecular weight excluding hydrogens is 430 g/mol. The molecule has 2 aromatic rings. The Morgan fingerprint density at radius 3 is 2.86 bits per heavy atom. The number of nitrogens with one attached hydrogen (secondary N) is 3. The summed E-state index contributed by atoms with van der Waals surface area (Å²) in [7, 11) is -2.23. The normalized spacial score (nSPS) is 11.4. The van der Waals surface area contributed by atoms with Gasteiger partial charge < -0.3 is 14.8 Å². The van der Waals surface area contributed by atoms with Crippen molar-refractivity contribution in [3.05, 3.63) is 29.5 Å². The van der Waals surface area contributed by atoms with Gasteiger partial charge in [0.05, 0.1) is 16.5 Å². The van der Waals surface area contributed by atoms with Crippen molar-refractivity contribution >= 4 is 39.3 Å². The highest BCUT2D eigenvalue weighted by molar-refractivity contribution is 7.99. The second-order valence-corrected chi connectivity index (χ2v) is 8.52. The Bertz CT molecular complexity index is 864. The van der Waals surface area contributed by atoms with Gasteiger partial charge in [-0.25, -0.2) is 18.1 Å². The van der Waals surface area contributed by atoms with Crippen LogP contribution in [0.5, 0.6) is 5.75 Å². The molecule has 2 rings (SSSR count). The van der Waals surface area contributed by atoms with E-state index in [0.717, 1.165) is 0 Å². The van der Waals surface area contributed by atoms with Crippen LogP contribution in [0.1, 0.15) is 0 Å². The van der Waals surface area contributed by atoms with Gasteiger partial charge in [0.2, 0.25) is 10.0 Å². The highest BCUT2D eigenvalue weighted by Crippen LogP contribution is 2.27. The maximum atomic E-state index is 12.1. The second-order valence-electron chi connectivity index (χ2n) is 5.26. The summed E-state index contributed by atoms with van der Waals surface area (Å²) < 4.78 is 36.8. The largest absolute Gasteiger partial charge is 0.482 e. The van der Waals surface area contributed by atoms with E-state index >= 15 is 0 Å². The molecular formula is C15H20ClN5O5S2. The topological polar surface area (TPSA) is 135 Å². The fraction of sp³-hybridized carbons (Fsp3) is 0.400. The standard InChI is InChI=1S/C15H20ClN5O5S2/c1-25-6-4-20-28(23,24)11-2-3-13(12(16)8-11)26-9-14(22)17-5-7-27-15-18-10-19-21-15/h2-3,8,10,20H,4-7,9H2,1H3,(H,17,22)(H,18,19,21). The van der Waals surface area contributed by atoms with Crippen LogP contribution in [0, 0.1) is 0 Å². The van der Waals surface area contributed by atoms with Crippen molar-refractivity contribution in [2.45, 2.75) is 10.1 Å². The van der Waals surface area contributed by atoms with Gasteiger partial charge in [-0.2, -0.15) is 5.10 Å². The summed E-state index contributed by atoms with van der Waals surface area (Å²) >= 11 is 7.49. The lowest BCUT2D eigenvalue weighted by Gasteiger charge is -2.11. The molecule has 10 nitrogen and oxygen atoms in total. The Kier molecular flexibility index (Phi) is 8.99. The summed E-state index contributed by atoms with van der Waals surface area (Å²) in [5.41, 5.74) is 0. The second kappa shape index (κ2) is 11.2. The number of aromatic nitrogens is 3. The van der Waals surface area contributed by atoms with Crippen LogP contribution < -0.4 is 14.8 Å².